The van der Waals surface area contributed by atoms with E-state index in [9.17, 15) is 18.4 Å². The Morgan fingerprint density at radius 1 is 1.18 bits per heavy atom. The van der Waals surface area contributed by atoms with Crippen molar-refractivity contribution in [3.05, 3.63) is 68.5 Å². The third-order valence-corrected chi connectivity index (χ3v) is 3.66. The average molecular weight is 308 g/mol. The van der Waals surface area contributed by atoms with Crippen LogP contribution in [0.1, 0.15) is 24.6 Å². The maximum absolute atomic E-state index is 13.8. The van der Waals surface area contributed by atoms with E-state index in [-0.39, 0.29) is 12.1 Å². The molecular weight excluding hydrogens is 294 g/mol. The Morgan fingerprint density at radius 3 is 2.64 bits per heavy atom. The number of hydrogen-bond donors (Lipinski definition) is 0. The Kier molecular flexibility index (Phi) is 3.89. The third kappa shape index (κ3) is 2.59. The van der Waals surface area contributed by atoms with Gasteiger partial charge in [-0.2, -0.15) is 4.39 Å². The van der Waals surface area contributed by atoms with Crippen molar-refractivity contribution in [2.75, 3.05) is 6.61 Å². The van der Waals surface area contributed by atoms with E-state index in [1.54, 1.807) is 6.07 Å². The summed E-state index contributed by atoms with van der Waals surface area (Å²) in [5, 5.41) is 0. The number of nitrogens with zero attached hydrogens (tertiary/aromatic N) is 2. The van der Waals surface area contributed by atoms with Gasteiger partial charge in [0.25, 0.3) is 5.56 Å². The summed E-state index contributed by atoms with van der Waals surface area (Å²) in [4.78, 5) is 24.3. The summed E-state index contributed by atoms with van der Waals surface area (Å²) < 4.78 is 34.6. The molecule has 116 valence electrons. The van der Waals surface area contributed by atoms with E-state index in [4.69, 9.17) is 4.74 Å². The number of aromatic nitrogens is 2. The van der Waals surface area contributed by atoms with E-state index in [1.807, 2.05) is 0 Å². The monoisotopic (exact) mass is 308 g/mol. The average Bonchev–Trinajstić information content (AvgIpc) is 3.03. The zero-order chi connectivity index (χ0) is 15.7. The minimum atomic E-state index is -1.07. The highest BCUT2D eigenvalue weighted by atomic mass is 19.1. The van der Waals surface area contributed by atoms with Crippen molar-refractivity contribution in [2.24, 2.45) is 0 Å². The van der Waals surface area contributed by atoms with E-state index in [0.29, 0.717) is 17.6 Å². The van der Waals surface area contributed by atoms with Gasteiger partial charge in [0.05, 0.1) is 12.7 Å². The highest BCUT2D eigenvalue weighted by Crippen LogP contribution is 2.20. The molecule has 22 heavy (non-hydrogen) atoms. The van der Waals surface area contributed by atoms with Crippen LogP contribution in [0.25, 0.3) is 0 Å². The molecule has 1 aliphatic rings. The predicted octanol–water partition coefficient (Wildman–Crippen LogP) is 1.65. The van der Waals surface area contributed by atoms with Gasteiger partial charge in [-0.05, 0) is 18.9 Å². The predicted molar refractivity (Wildman–Crippen MR) is 74.6 cm³/mol. The Balaban J connectivity index is 2.09. The Bertz CT molecular complexity index is 807. The van der Waals surface area contributed by atoms with Gasteiger partial charge in [0.15, 0.2) is 0 Å². The summed E-state index contributed by atoms with van der Waals surface area (Å²) in [6.07, 6.45) is 1.59. The molecule has 1 aliphatic heterocycles. The van der Waals surface area contributed by atoms with Crippen LogP contribution in [0.5, 0.6) is 0 Å². The van der Waals surface area contributed by atoms with Gasteiger partial charge in [-0.25, -0.2) is 9.18 Å². The van der Waals surface area contributed by atoms with E-state index < -0.39 is 29.1 Å². The van der Waals surface area contributed by atoms with Gasteiger partial charge < -0.3 is 4.74 Å². The fraction of sp³-hybridized carbons (Fsp3) is 0.333. The molecule has 0 bridgehead atoms. The smallest absolute Gasteiger partial charge is 0.333 e. The normalized spacial score (nSPS) is 17.8. The molecule has 1 saturated heterocycles. The van der Waals surface area contributed by atoms with Crippen LogP contribution in [0.15, 0.2) is 40.1 Å². The second kappa shape index (κ2) is 5.84. The minimum Gasteiger partial charge on any atom is -0.358 e. The lowest BCUT2D eigenvalue weighted by atomic mass is 10.2. The number of halogens is 2. The highest BCUT2D eigenvalue weighted by molar-refractivity contribution is 5.17. The standard InChI is InChI=1S/C15H14F2N2O3/c16-11-5-2-1-4-10(11)8-19-14(20)12(17)9-18(15(19)21)13-6-3-7-22-13/h1-2,4-5,9,13H,3,6-8H2/t13-/m1/s1. The topological polar surface area (TPSA) is 53.2 Å². The van der Waals surface area contributed by atoms with Crippen LogP contribution >= 0.6 is 0 Å². The van der Waals surface area contributed by atoms with Gasteiger partial charge >= 0.3 is 5.69 Å². The molecule has 3 rings (SSSR count). The molecule has 2 heterocycles. The van der Waals surface area contributed by atoms with Crippen molar-refractivity contribution in [1.29, 1.82) is 0 Å². The summed E-state index contributed by atoms with van der Waals surface area (Å²) in [6, 6.07) is 5.75. The van der Waals surface area contributed by atoms with E-state index in [2.05, 4.69) is 0 Å². The maximum atomic E-state index is 13.8. The maximum Gasteiger partial charge on any atom is 0.333 e. The molecule has 1 atom stereocenters. The second-order valence-corrected chi connectivity index (χ2v) is 5.12. The first kappa shape index (κ1) is 14.6. The molecule has 0 aliphatic carbocycles. The van der Waals surface area contributed by atoms with Crippen molar-refractivity contribution >= 4 is 0 Å². The van der Waals surface area contributed by atoms with Crippen molar-refractivity contribution in [1.82, 2.24) is 9.13 Å². The van der Waals surface area contributed by atoms with Crippen LogP contribution in [-0.2, 0) is 11.3 Å². The fourth-order valence-electron chi connectivity index (χ4n) is 2.51. The van der Waals surface area contributed by atoms with Crippen LogP contribution in [0.3, 0.4) is 0 Å². The first-order valence-corrected chi connectivity index (χ1v) is 6.94. The number of benzene rings is 1. The number of ether oxygens (including phenoxy) is 1. The van der Waals surface area contributed by atoms with Crippen LogP contribution in [0, 0.1) is 11.6 Å². The molecule has 1 aromatic heterocycles. The van der Waals surface area contributed by atoms with Crippen LogP contribution in [0.2, 0.25) is 0 Å². The lowest BCUT2D eigenvalue weighted by Gasteiger charge is -2.15. The lowest BCUT2D eigenvalue weighted by molar-refractivity contribution is 0.0504. The minimum absolute atomic E-state index is 0.145. The quantitative estimate of drug-likeness (QED) is 0.866. The SMILES string of the molecule is O=c1c(F)cn([C@H]2CCCO2)c(=O)n1Cc1ccccc1F. The van der Waals surface area contributed by atoms with Crippen LogP contribution in [-0.4, -0.2) is 15.7 Å². The Morgan fingerprint density at radius 2 is 1.95 bits per heavy atom. The lowest BCUT2D eigenvalue weighted by Crippen LogP contribution is -2.42. The molecule has 7 heteroatoms. The first-order chi connectivity index (χ1) is 10.6. The van der Waals surface area contributed by atoms with Gasteiger partial charge in [-0.1, -0.05) is 18.2 Å². The van der Waals surface area contributed by atoms with Gasteiger partial charge in [0, 0.05) is 12.2 Å². The van der Waals surface area contributed by atoms with Gasteiger partial charge in [0.2, 0.25) is 5.82 Å². The van der Waals surface area contributed by atoms with Gasteiger partial charge in [-0.3, -0.25) is 13.9 Å². The van der Waals surface area contributed by atoms with Crippen LogP contribution in [0.4, 0.5) is 8.78 Å². The van der Waals surface area contributed by atoms with Crippen molar-refractivity contribution in [2.45, 2.75) is 25.6 Å². The molecule has 5 nitrogen and oxygen atoms in total. The van der Waals surface area contributed by atoms with Gasteiger partial charge in [0.1, 0.15) is 12.0 Å². The van der Waals surface area contributed by atoms with E-state index >= 15 is 0 Å². The fourth-order valence-corrected chi connectivity index (χ4v) is 2.51. The summed E-state index contributed by atoms with van der Waals surface area (Å²) in [5.74, 6) is -1.62. The van der Waals surface area contributed by atoms with E-state index in [1.165, 1.54) is 18.2 Å². The molecule has 0 saturated carbocycles. The number of rotatable bonds is 3. The van der Waals surface area contributed by atoms with Crippen molar-refractivity contribution in [3.63, 3.8) is 0 Å². The molecule has 0 amide bonds. The van der Waals surface area contributed by atoms with E-state index in [0.717, 1.165) is 17.2 Å². The van der Waals surface area contributed by atoms with Crippen LogP contribution < -0.4 is 11.2 Å². The molecule has 0 N–H and O–H groups in total. The Labute approximate surface area is 124 Å². The molecule has 0 unspecified atom stereocenters. The van der Waals surface area contributed by atoms with Crippen molar-refractivity contribution in [3.8, 4) is 0 Å². The molecule has 0 radical (unpaired) electrons. The second-order valence-electron chi connectivity index (χ2n) is 5.12. The zero-order valence-electron chi connectivity index (χ0n) is 11.7. The van der Waals surface area contributed by atoms with Crippen molar-refractivity contribution < 1.29 is 13.5 Å². The highest BCUT2D eigenvalue weighted by Gasteiger charge is 2.22. The molecular formula is C15H14F2N2O3. The van der Waals surface area contributed by atoms with Gasteiger partial charge in [-0.15, -0.1) is 0 Å². The Hall–Kier alpha value is -2.28. The molecule has 1 fully saturated rings. The molecule has 2 aromatic rings. The third-order valence-electron chi connectivity index (χ3n) is 3.66. The summed E-state index contributed by atoms with van der Waals surface area (Å²) in [7, 11) is 0. The largest absolute Gasteiger partial charge is 0.358 e. The molecule has 1 aromatic carbocycles. The summed E-state index contributed by atoms with van der Waals surface area (Å²) in [5.41, 5.74) is -1.63. The zero-order valence-corrected chi connectivity index (χ0v) is 11.7. The first-order valence-electron chi connectivity index (χ1n) is 6.94. The molecule has 0 spiro atoms. The summed E-state index contributed by atoms with van der Waals surface area (Å²) >= 11 is 0. The number of hydrogen-bond acceptors (Lipinski definition) is 3. The summed E-state index contributed by atoms with van der Waals surface area (Å²) in [6.45, 7) is 0.153.